The van der Waals surface area contributed by atoms with Gasteiger partial charge in [-0.15, -0.1) is 0 Å². The van der Waals surface area contributed by atoms with E-state index in [4.69, 9.17) is 16.3 Å². The van der Waals surface area contributed by atoms with Gasteiger partial charge in [-0.05, 0) is 17.7 Å². The number of likely N-dealkylation sites (tertiary alicyclic amines) is 1. The number of methoxy groups -OCH3 is 1. The number of carbonyl (C=O) groups is 2. The summed E-state index contributed by atoms with van der Waals surface area (Å²) in [6.45, 7) is 1.14. The van der Waals surface area contributed by atoms with E-state index in [1.54, 1.807) is 29.2 Å². The summed E-state index contributed by atoms with van der Waals surface area (Å²) in [6, 6.07) is 7.08. The Kier molecular flexibility index (Phi) is 5.79. The van der Waals surface area contributed by atoms with E-state index in [0.717, 1.165) is 5.56 Å². The fourth-order valence-electron chi connectivity index (χ4n) is 3.86. The van der Waals surface area contributed by atoms with Crippen molar-refractivity contribution in [3.8, 4) is 0 Å². The highest BCUT2D eigenvalue weighted by molar-refractivity contribution is 7.93. The first-order valence-corrected chi connectivity index (χ1v) is 10.9. The van der Waals surface area contributed by atoms with Gasteiger partial charge in [0.25, 0.3) is 0 Å². The molecule has 2 aliphatic heterocycles. The van der Waals surface area contributed by atoms with Gasteiger partial charge in [0.1, 0.15) is 10.6 Å². The maximum absolute atomic E-state index is 12.7. The molecule has 0 saturated carbocycles. The molecule has 0 radical (unpaired) electrons. The van der Waals surface area contributed by atoms with Gasteiger partial charge in [-0.1, -0.05) is 23.7 Å². The van der Waals surface area contributed by atoms with Gasteiger partial charge >= 0.3 is 0 Å². The first kappa shape index (κ1) is 20.1. The zero-order valence-electron chi connectivity index (χ0n) is 15.2. The Morgan fingerprint density at radius 2 is 1.85 bits per heavy atom. The van der Waals surface area contributed by atoms with Crippen molar-refractivity contribution < 1.29 is 22.7 Å². The fraction of sp³-hybridized carbons (Fsp3) is 0.556. The number of sulfone groups is 1. The normalized spacial score (nSPS) is 21.0. The van der Waals surface area contributed by atoms with Crippen LogP contribution in [0.15, 0.2) is 24.3 Å². The molecule has 3 rings (SSSR count). The summed E-state index contributed by atoms with van der Waals surface area (Å²) in [6.07, 6.45) is 0.706. The Morgan fingerprint density at radius 1 is 1.22 bits per heavy atom. The summed E-state index contributed by atoms with van der Waals surface area (Å²) in [4.78, 5) is 26.7. The van der Waals surface area contributed by atoms with E-state index in [2.05, 4.69) is 0 Å². The van der Waals surface area contributed by atoms with Gasteiger partial charge in [0.05, 0.1) is 13.0 Å². The van der Waals surface area contributed by atoms with Crippen molar-refractivity contribution in [2.45, 2.75) is 24.1 Å². The second-order valence-corrected chi connectivity index (χ2v) is 9.64. The number of hydrogen-bond donors (Lipinski definition) is 0. The number of amides is 2. The number of rotatable bonds is 5. The molecule has 1 spiro atoms. The van der Waals surface area contributed by atoms with Crippen LogP contribution in [0, 0.1) is 0 Å². The van der Waals surface area contributed by atoms with Gasteiger partial charge in [0.2, 0.25) is 11.8 Å². The fourth-order valence-corrected chi connectivity index (χ4v) is 6.07. The molecule has 0 aromatic heterocycles. The van der Waals surface area contributed by atoms with Crippen LogP contribution in [0.4, 0.5) is 0 Å². The molecule has 2 aliphatic rings. The smallest absolute Gasteiger partial charge is 0.239 e. The lowest BCUT2D eigenvalue weighted by atomic mass is 10.0. The van der Waals surface area contributed by atoms with Gasteiger partial charge in [0.15, 0.2) is 9.84 Å². The molecule has 2 amide bonds. The molecule has 2 heterocycles. The highest BCUT2D eigenvalue weighted by Gasteiger charge is 2.58. The largest absolute Gasteiger partial charge is 0.383 e. The molecule has 0 aliphatic carbocycles. The minimum Gasteiger partial charge on any atom is -0.383 e. The van der Waals surface area contributed by atoms with Crippen molar-refractivity contribution in [1.29, 1.82) is 0 Å². The number of piperidine rings is 1. The Balaban J connectivity index is 1.69. The molecule has 1 aromatic rings. The SMILES string of the molecule is COCCN1C(=O)CS(=O)(=O)C12CCN(C(=O)Cc1ccc(Cl)cc1)CC2. The van der Waals surface area contributed by atoms with Crippen LogP contribution in [0.1, 0.15) is 18.4 Å². The van der Waals surface area contributed by atoms with Crippen LogP contribution in [-0.2, 0) is 30.6 Å². The first-order chi connectivity index (χ1) is 12.8. The molecule has 0 N–H and O–H groups in total. The average molecular weight is 415 g/mol. The highest BCUT2D eigenvalue weighted by Crippen LogP contribution is 2.39. The van der Waals surface area contributed by atoms with Crippen molar-refractivity contribution in [1.82, 2.24) is 9.80 Å². The van der Waals surface area contributed by atoms with E-state index < -0.39 is 20.5 Å². The molecule has 0 bridgehead atoms. The van der Waals surface area contributed by atoms with E-state index in [-0.39, 0.29) is 44.2 Å². The number of nitrogens with zero attached hydrogens (tertiary/aromatic N) is 2. The summed E-state index contributed by atoms with van der Waals surface area (Å²) < 4.78 is 30.4. The third kappa shape index (κ3) is 3.83. The lowest BCUT2D eigenvalue weighted by Gasteiger charge is -2.43. The van der Waals surface area contributed by atoms with E-state index in [1.807, 2.05) is 0 Å². The van der Waals surface area contributed by atoms with Crippen LogP contribution in [0.25, 0.3) is 0 Å². The van der Waals surface area contributed by atoms with Gasteiger partial charge in [0, 0.05) is 44.6 Å². The number of hydrogen-bond acceptors (Lipinski definition) is 5. The summed E-state index contributed by atoms with van der Waals surface area (Å²) in [5.74, 6) is -0.902. The Hall–Kier alpha value is -1.64. The molecule has 148 valence electrons. The van der Waals surface area contributed by atoms with Crippen molar-refractivity contribution >= 4 is 33.3 Å². The first-order valence-electron chi connectivity index (χ1n) is 8.83. The second-order valence-electron chi connectivity index (χ2n) is 6.93. The molecule has 27 heavy (non-hydrogen) atoms. The molecule has 2 fully saturated rings. The lowest BCUT2D eigenvalue weighted by molar-refractivity contribution is -0.135. The van der Waals surface area contributed by atoms with Gasteiger partial charge in [-0.25, -0.2) is 8.42 Å². The molecule has 0 unspecified atom stereocenters. The molecule has 1 aromatic carbocycles. The summed E-state index contributed by atoms with van der Waals surface area (Å²) >= 11 is 5.86. The standard InChI is InChI=1S/C18H23ClN2O5S/c1-26-11-10-21-17(23)13-27(24,25)18(21)6-8-20(9-7-18)16(22)12-14-2-4-15(19)5-3-14/h2-5H,6-13H2,1H3. The van der Waals surface area contributed by atoms with Crippen LogP contribution in [0.5, 0.6) is 0 Å². The number of benzene rings is 1. The average Bonchev–Trinajstić information content (AvgIpc) is 2.81. The molecule has 7 nitrogen and oxygen atoms in total. The van der Waals surface area contributed by atoms with E-state index in [9.17, 15) is 18.0 Å². The zero-order valence-corrected chi connectivity index (χ0v) is 16.8. The predicted molar refractivity (Wildman–Crippen MR) is 101 cm³/mol. The summed E-state index contributed by atoms with van der Waals surface area (Å²) in [7, 11) is -2.07. The minimum atomic E-state index is -3.58. The third-order valence-corrected chi connectivity index (χ3v) is 8.04. The third-order valence-electron chi connectivity index (χ3n) is 5.37. The molecule has 0 atom stereocenters. The highest BCUT2D eigenvalue weighted by atomic mass is 35.5. The number of carbonyl (C=O) groups excluding carboxylic acids is 2. The Morgan fingerprint density at radius 3 is 2.44 bits per heavy atom. The maximum atomic E-state index is 12.7. The van der Waals surface area contributed by atoms with Crippen molar-refractivity contribution in [3.63, 3.8) is 0 Å². The van der Waals surface area contributed by atoms with Crippen LogP contribution in [0.2, 0.25) is 5.02 Å². The topological polar surface area (TPSA) is 84.0 Å². The van der Waals surface area contributed by atoms with Gasteiger partial charge in [-0.3, -0.25) is 9.59 Å². The van der Waals surface area contributed by atoms with Crippen molar-refractivity contribution in [2.24, 2.45) is 0 Å². The van der Waals surface area contributed by atoms with Crippen LogP contribution < -0.4 is 0 Å². The number of halogens is 1. The minimum absolute atomic E-state index is 0.0580. The molecule has 9 heteroatoms. The molecular formula is C18H23ClN2O5S. The van der Waals surface area contributed by atoms with Crippen LogP contribution in [0.3, 0.4) is 0 Å². The summed E-state index contributed by atoms with van der Waals surface area (Å²) in [5.41, 5.74) is 0.857. The van der Waals surface area contributed by atoms with Crippen LogP contribution in [-0.4, -0.2) is 74.0 Å². The quantitative estimate of drug-likeness (QED) is 0.720. The van der Waals surface area contributed by atoms with E-state index in [0.29, 0.717) is 18.1 Å². The van der Waals surface area contributed by atoms with Crippen molar-refractivity contribution in [2.75, 3.05) is 39.1 Å². The Labute approximate surface area is 164 Å². The van der Waals surface area contributed by atoms with Gasteiger partial charge in [-0.2, -0.15) is 0 Å². The molecule has 2 saturated heterocycles. The molecular weight excluding hydrogens is 392 g/mol. The lowest BCUT2D eigenvalue weighted by Crippen LogP contribution is -2.57. The Bertz CT molecular complexity index is 817. The zero-order chi connectivity index (χ0) is 19.7. The van der Waals surface area contributed by atoms with Crippen LogP contribution >= 0.6 is 11.6 Å². The maximum Gasteiger partial charge on any atom is 0.239 e. The predicted octanol–water partition coefficient (Wildman–Crippen LogP) is 1.10. The number of ether oxygens (including phenoxy) is 1. The van der Waals surface area contributed by atoms with E-state index >= 15 is 0 Å². The second kappa shape index (κ2) is 7.77. The van der Waals surface area contributed by atoms with Crippen molar-refractivity contribution in [3.05, 3.63) is 34.9 Å². The summed E-state index contributed by atoms with van der Waals surface area (Å²) in [5, 5.41) is 0.610. The monoisotopic (exact) mass is 414 g/mol. The van der Waals surface area contributed by atoms with Gasteiger partial charge < -0.3 is 14.5 Å². The van der Waals surface area contributed by atoms with E-state index in [1.165, 1.54) is 12.0 Å².